The van der Waals surface area contributed by atoms with Crippen LogP contribution in [0.2, 0.25) is 0 Å². The summed E-state index contributed by atoms with van der Waals surface area (Å²) in [6.07, 6.45) is 3.52. The van der Waals surface area contributed by atoms with Crippen LogP contribution in [0.5, 0.6) is 0 Å². The molecule has 2 fully saturated rings. The normalized spacial score (nSPS) is 25.3. The molecule has 0 unspecified atom stereocenters. The van der Waals surface area contributed by atoms with Crippen LogP contribution in [0.1, 0.15) is 51.1 Å². The summed E-state index contributed by atoms with van der Waals surface area (Å²) < 4.78 is 0. The molecule has 2 aromatic carbocycles. The molecule has 0 radical (unpaired) electrons. The average molecular weight is 393 g/mol. The van der Waals surface area contributed by atoms with E-state index >= 15 is 0 Å². The van der Waals surface area contributed by atoms with Crippen LogP contribution < -0.4 is 10.6 Å². The van der Waals surface area contributed by atoms with Crippen molar-refractivity contribution < 1.29 is 14.4 Å². The number of amides is 4. The van der Waals surface area contributed by atoms with Crippen molar-refractivity contribution in [1.82, 2.24) is 15.5 Å². The molecule has 6 heteroatoms. The van der Waals surface area contributed by atoms with Crippen LogP contribution in [0.15, 0.2) is 42.5 Å². The third-order valence-corrected chi connectivity index (χ3v) is 6.47. The predicted molar refractivity (Wildman–Crippen MR) is 111 cm³/mol. The third-order valence-electron chi connectivity index (χ3n) is 6.47. The minimum Gasteiger partial charge on any atom is -0.348 e. The first-order valence-electron chi connectivity index (χ1n) is 10.3. The first-order valence-corrected chi connectivity index (χ1v) is 10.3. The lowest BCUT2D eigenvalue weighted by atomic mass is 9.73. The molecular formula is C23H27N3O3. The smallest absolute Gasteiger partial charge is 0.325 e. The highest BCUT2D eigenvalue weighted by atomic mass is 16.2. The number of fused-ring (bicyclic) bond motifs is 1. The molecule has 29 heavy (non-hydrogen) atoms. The van der Waals surface area contributed by atoms with Crippen molar-refractivity contribution in [3.63, 3.8) is 0 Å². The summed E-state index contributed by atoms with van der Waals surface area (Å²) in [5.74, 6) is -0.521. The first kappa shape index (κ1) is 19.4. The second-order valence-corrected chi connectivity index (χ2v) is 8.30. The molecule has 4 amide bonds. The molecule has 0 aromatic heterocycles. The summed E-state index contributed by atoms with van der Waals surface area (Å²) in [5, 5.41) is 8.02. The van der Waals surface area contributed by atoms with Crippen LogP contribution in [0.3, 0.4) is 0 Å². The number of carbonyl (C=O) groups is 3. The van der Waals surface area contributed by atoms with Crippen LogP contribution in [-0.4, -0.2) is 34.8 Å². The van der Waals surface area contributed by atoms with Gasteiger partial charge in [0.1, 0.15) is 12.1 Å². The number of hydrogen-bond acceptors (Lipinski definition) is 3. The maximum atomic E-state index is 13.0. The van der Waals surface area contributed by atoms with Gasteiger partial charge in [-0.2, -0.15) is 0 Å². The molecule has 0 bridgehead atoms. The van der Waals surface area contributed by atoms with E-state index in [-0.39, 0.29) is 30.3 Å². The zero-order chi connectivity index (χ0) is 20.6. The Morgan fingerprint density at radius 3 is 2.76 bits per heavy atom. The zero-order valence-electron chi connectivity index (χ0n) is 16.9. The van der Waals surface area contributed by atoms with Crippen LogP contribution in [0.4, 0.5) is 4.79 Å². The van der Waals surface area contributed by atoms with Crippen LogP contribution >= 0.6 is 0 Å². The van der Waals surface area contributed by atoms with E-state index in [4.69, 9.17) is 0 Å². The van der Waals surface area contributed by atoms with Gasteiger partial charge in [-0.15, -0.1) is 0 Å². The van der Waals surface area contributed by atoms with Crippen molar-refractivity contribution in [2.24, 2.45) is 5.92 Å². The van der Waals surface area contributed by atoms with Crippen molar-refractivity contribution in [1.29, 1.82) is 0 Å². The highest BCUT2D eigenvalue weighted by molar-refractivity contribution is 6.09. The number of nitrogens with zero attached hydrogens (tertiary/aromatic N) is 1. The highest BCUT2D eigenvalue weighted by Gasteiger charge is 2.55. The van der Waals surface area contributed by atoms with Gasteiger partial charge >= 0.3 is 6.03 Å². The molecule has 1 heterocycles. The second-order valence-electron chi connectivity index (χ2n) is 8.30. The van der Waals surface area contributed by atoms with Gasteiger partial charge in [-0.1, -0.05) is 62.2 Å². The van der Waals surface area contributed by atoms with Crippen molar-refractivity contribution in [2.45, 2.75) is 51.1 Å². The molecule has 2 N–H and O–H groups in total. The van der Waals surface area contributed by atoms with E-state index in [0.717, 1.165) is 40.5 Å². The molecule has 2 aliphatic rings. The van der Waals surface area contributed by atoms with Gasteiger partial charge in [0, 0.05) is 0 Å². The maximum Gasteiger partial charge on any atom is 0.325 e. The third kappa shape index (κ3) is 3.37. The Bertz CT molecular complexity index is 967. The fourth-order valence-electron chi connectivity index (χ4n) is 4.78. The molecule has 1 saturated carbocycles. The Morgan fingerprint density at radius 2 is 1.97 bits per heavy atom. The molecule has 1 spiro atoms. The van der Waals surface area contributed by atoms with Crippen molar-refractivity contribution in [3.05, 3.63) is 48.0 Å². The number of urea groups is 1. The maximum absolute atomic E-state index is 13.0. The summed E-state index contributed by atoms with van der Waals surface area (Å²) in [5.41, 5.74) is 0.169. The van der Waals surface area contributed by atoms with Crippen molar-refractivity contribution in [3.8, 4) is 0 Å². The number of carbonyl (C=O) groups excluding carboxylic acids is 3. The Morgan fingerprint density at radius 1 is 1.21 bits per heavy atom. The van der Waals surface area contributed by atoms with Crippen molar-refractivity contribution in [2.75, 3.05) is 6.54 Å². The summed E-state index contributed by atoms with van der Waals surface area (Å²) in [7, 11) is 0. The monoisotopic (exact) mass is 393 g/mol. The van der Waals surface area contributed by atoms with E-state index in [1.165, 1.54) is 0 Å². The fourth-order valence-corrected chi connectivity index (χ4v) is 4.78. The highest BCUT2D eigenvalue weighted by Crippen LogP contribution is 2.38. The molecule has 1 aliphatic heterocycles. The Balaban J connectivity index is 1.47. The Hall–Kier alpha value is -2.89. The van der Waals surface area contributed by atoms with Gasteiger partial charge in [-0.3, -0.25) is 14.5 Å². The SMILES string of the molecule is C[C@H](NC(=O)CN1C(=O)N[C@@]2(CCCC[C@@H]2C)C1=O)c1cccc2ccccc12. The number of hydrogen-bond donors (Lipinski definition) is 2. The van der Waals surface area contributed by atoms with Gasteiger partial charge in [0.15, 0.2) is 0 Å². The van der Waals surface area contributed by atoms with Crippen LogP contribution in [-0.2, 0) is 9.59 Å². The topological polar surface area (TPSA) is 78.5 Å². The predicted octanol–water partition coefficient (Wildman–Crippen LogP) is 3.52. The number of imide groups is 1. The van der Waals surface area contributed by atoms with Gasteiger partial charge in [-0.05, 0) is 42.0 Å². The van der Waals surface area contributed by atoms with E-state index < -0.39 is 11.6 Å². The molecule has 3 atom stereocenters. The second kappa shape index (κ2) is 7.50. The van der Waals surface area contributed by atoms with Gasteiger partial charge in [0.2, 0.25) is 5.91 Å². The summed E-state index contributed by atoms with van der Waals surface area (Å²) in [4.78, 5) is 39.3. The van der Waals surface area contributed by atoms with Gasteiger partial charge in [-0.25, -0.2) is 4.79 Å². The molecule has 1 saturated heterocycles. The largest absolute Gasteiger partial charge is 0.348 e. The molecule has 152 valence electrons. The van der Waals surface area contributed by atoms with E-state index in [1.54, 1.807) is 0 Å². The number of rotatable bonds is 4. The quantitative estimate of drug-likeness (QED) is 0.780. The Labute approximate surface area is 170 Å². The Kier molecular flexibility index (Phi) is 5.03. The van der Waals surface area contributed by atoms with Crippen LogP contribution in [0, 0.1) is 5.92 Å². The molecule has 2 aromatic rings. The summed E-state index contributed by atoms with van der Waals surface area (Å²) in [6, 6.07) is 13.3. The number of benzene rings is 2. The van der Waals surface area contributed by atoms with Crippen LogP contribution in [0.25, 0.3) is 10.8 Å². The molecular weight excluding hydrogens is 366 g/mol. The van der Waals surface area contributed by atoms with Gasteiger partial charge in [0.05, 0.1) is 6.04 Å². The van der Waals surface area contributed by atoms with E-state index in [2.05, 4.69) is 10.6 Å². The number of nitrogens with one attached hydrogen (secondary N) is 2. The van der Waals surface area contributed by atoms with Crippen molar-refractivity contribution >= 4 is 28.6 Å². The van der Waals surface area contributed by atoms with Gasteiger partial charge in [0.25, 0.3) is 5.91 Å². The van der Waals surface area contributed by atoms with E-state index in [1.807, 2.05) is 56.3 Å². The average Bonchev–Trinajstić information content (AvgIpc) is 2.94. The standard InChI is InChI=1S/C23H27N3O3/c1-15-8-5-6-13-23(15)21(28)26(22(29)25-23)14-20(27)24-16(2)18-12-7-10-17-9-3-4-11-19(17)18/h3-4,7,9-12,15-16H,5-6,8,13-14H2,1-2H3,(H,24,27)(H,25,29)/t15-,16-,23+/m0/s1. The molecule has 4 rings (SSSR count). The molecule has 1 aliphatic carbocycles. The lowest BCUT2D eigenvalue weighted by Gasteiger charge is -2.36. The lowest BCUT2D eigenvalue weighted by Crippen LogP contribution is -2.54. The summed E-state index contributed by atoms with van der Waals surface area (Å²) >= 11 is 0. The fraction of sp³-hybridized carbons (Fsp3) is 0.435. The van der Waals surface area contributed by atoms with E-state index in [0.29, 0.717) is 6.42 Å². The summed E-state index contributed by atoms with van der Waals surface area (Å²) in [6.45, 7) is 3.66. The van der Waals surface area contributed by atoms with E-state index in [9.17, 15) is 14.4 Å². The minimum absolute atomic E-state index is 0.0790. The van der Waals surface area contributed by atoms with Gasteiger partial charge < -0.3 is 10.6 Å². The zero-order valence-corrected chi connectivity index (χ0v) is 16.9. The first-order chi connectivity index (χ1) is 13.9. The minimum atomic E-state index is -0.836. The molecule has 6 nitrogen and oxygen atoms in total. The lowest BCUT2D eigenvalue weighted by molar-refractivity contribution is -0.137.